The minimum Gasteiger partial charge on any atom is -0.508 e. The van der Waals surface area contributed by atoms with Gasteiger partial charge in [0, 0.05) is 48.1 Å². The van der Waals surface area contributed by atoms with Gasteiger partial charge in [0.2, 0.25) is 0 Å². The Balaban J connectivity index is 1.35. The number of furan rings is 1. The van der Waals surface area contributed by atoms with Crippen molar-refractivity contribution in [3.8, 4) is 5.75 Å². The highest BCUT2D eigenvalue weighted by atomic mass is 32.2. The van der Waals surface area contributed by atoms with E-state index in [1.54, 1.807) is 43.1 Å². The molecule has 35 heavy (non-hydrogen) atoms. The van der Waals surface area contributed by atoms with Gasteiger partial charge in [0.05, 0.1) is 23.3 Å². The molecule has 4 rings (SSSR count). The van der Waals surface area contributed by atoms with Crippen LogP contribution in [-0.4, -0.2) is 52.2 Å². The Morgan fingerprint density at radius 2 is 1.91 bits per heavy atom. The number of benzene rings is 1. The van der Waals surface area contributed by atoms with Crippen molar-refractivity contribution in [2.45, 2.75) is 38.4 Å². The van der Waals surface area contributed by atoms with Crippen molar-refractivity contribution >= 4 is 23.6 Å². The topological polar surface area (TPSA) is 95.7 Å². The fraction of sp³-hybridized carbons (Fsp3) is 0.370. The third kappa shape index (κ3) is 6.06. The predicted molar refractivity (Wildman–Crippen MR) is 137 cm³/mol. The van der Waals surface area contributed by atoms with Gasteiger partial charge in [0.15, 0.2) is 0 Å². The standard InChI is InChI=1S/C27H31N3O4S/c1-18-8-9-23(26(32)28-12-16-35-17-21-5-4-15-34-21)25(29-18)20-10-13-30(14-11-20)27(33)22-6-3-7-24(31)19(22)2/h3-9,15,20,31H,10-14,16-17H2,1-2H3,(H,28,32). The molecule has 3 aromatic rings. The Kier molecular flexibility index (Phi) is 8.13. The minimum atomic E-state index is -0.111. The van der Waals surface area contributed by atoms with E-state index in [0.717, 1.165) is 41.5 Å². The summed E-state index contributed by atoms with van der Waals surface area (Å²) < 4.78 is 5.33. The molecule has 1 aromatic carbocycles. The molecule has 184 valence electrons. The Morgan fingerprint density at radius 1 is 1.11 bits per heavy atom. The molecule has 1 fully saturated rings. The van der Waals surface area contributed by atoms with E-state index in [1.165, 1.54) is 0 Å². The van der Waals surface area contributed by atoms with Crippen LogP contribution in [0.25, 0.3) is 0 Å². The zero-order chi connectivity index (χ0) is 24.8. The van der Waals surface area contributed by atoms with Gasteiger partial charge in [-0.15, -0.1) is 0 Å². The van der Waals surface area contributed by atoms with Gasteiger partial charge in [-0.2, -0.15) is 11.8 Å². The summed E-state index contributed by atoms with van der Waals surface area (Å²) in [7, 11) is 0. The zero-order valence-corrected chi connectivity index (χ0v) is 20.9. The maximum Gasteiger partial charge on any atom is 0.254 e. The van der Waals surface area contributed by atoms with Crippen LogP contribution in [0.15, 0.2) is 53.1 Å². The number of phenolic OH excluding ortho intramolecular Hbond substituents is 1. The van der Waals surface area contributed by atoms with Crippen LogP contribution in [0.2, 0.25) is 0 Å². The molecule has 8 heteroatoms. The number of aryl methyl sites for hydroxylation is 1. The molecule has 1 aliphatic heterocycles. The number of aromatic nitrogens is 1. The molecule has 0 atom stereocenters. The van der Waals surface area contributed by atoms with Crippen molar-refractivity contribution in [2.24, 2.45) is 0 Å². The van der Waals surface area contributed by atoms with E-state index < -0.39 is 0 Å². The number of thioether (sulfide) groups is 1. The van der Waals surface area contributed by atoms with E-state index in [4.69, 9.17) is 9.40 Å². The quantitative estimate of drug-likeness (QED) is 0.443. The van der Waals surface area contributed by atoms with Gasteiger partial charge in [-0.05, 0) is 63.1 Å². The molecule has 0 bridgehead atoms. The molecule has 2 aromatic heterocycles. The lowest BCUT2D eigenvalue weighted by Crippen LogP contribution is -2.39. The van der Waals surface area contributed by atoms with Crippen LogP contribution < -0.4 is 5.32 Å². The van der Waals surface area contributed by atoms with E-state index in [1.807, 2.05) is 36.1 Å². The van der Waals surface area contributed by atoms with Crippen LogP contribution in [0.4, 0.5) is 0 Å². The first-order valence-electron chi connectivity index (χ1n) is 11.9. The number of carbonyl (C=O) groups is 2. The minimum absolute atomic E-state index is 0.0703. The average Bonchev–Trinajstić information content (AvgIpc) is 3.38. The molecule has 2 amide bonds. The Hall–Kier alpha value is -3.26. The van der Waals surface area contributed by atoms with E-state index in [2.05, 4.69) is 5.32 Å². The van der Waals surface area contributed by atoms with Crippen LogP contribution in [-0.2, 0) is 5.75 Å². The van der Waals surface area contributed by atoms with Crippen molar-refractivity contribution in [3.63, 3.8) is 0 Å². The molecule has 0 unspecified atom stereocenters. The predicted octanol–water partition coefficient (Wildman–Crippen LogP) is 4.68. The van der Waals surface area contributed by atoms with E-state index in [9.17, 15) is 14.7 Å². The number of piperidine rings is 1. The Morgan fingerprint density at radius 3 is 2.66 bits per heavy atom. The summed E-state index contributed by atoms with van der Waals surface area (Å²) in [6.45, 7) is 5.41. The molecule has 0 spiro atoms. The van der Waals surface area contributed by atoms with Gasteiger partial charge in [-0.25, -0.2) is 0 Å². The number of pyridine rings is 1. The molecular formula is C27H31N3O4S. The van der Waals surface area contributed by atoms with Crippen LogP contribution in [0, 0.1) is 13.8 Å². The van der Waals surface area contributed by atoms with E-state index >= 15 is 0 Å². The largest absolute Gasteiger partial charge is 0.508 e. The number of amides is 2. The average molecular weight is 494 g/mol. The highest BCUT2D eigenvalue weighted by Crippen LogP contribution is 2.31. The van der Waals surface area contributed by atoms with Crippen molar-refractivity contribution < 1.29 is 19.1 Å². The Bertz CT molecular complexity index is 1170. The number of nitrogens with one attached hydrogen (secondary N) is 1. The first-order chi connectivity index (χ1) is 16.9. The van der Waals surface area contributed by atoms with Crippen LogP contribution in [0.5, 0.6) is 5.75 Å². The number of rotatable bonds is 8. The fourth-order valence-electron chi connectivity index (χ4n) is 4.36. The van der Waals surface area contributed by atoms with Crippen molar-refractivity contribution in [3.05, 3.63) is 82.6 Å². The number of likely N-dealkylation sites (tertiary alicyclic amines) is 1. The summed E-state index contributed by atoms with van der Waals surface area (Å²) in [4.78, 5) is 32.5. The van der Waals surface area contributed by atoms with Gasteiger partial charge in [0.25, 0.3) is 11.8 Å². The lowest BCUT2D eigenvalue weighted by atomic mass is 9.89. The summed E-state index contributed by atoms with van der Waals surface area (Å²) in [5.41, 5.74) is 3.43. The van der Waals surface area contributed by atoms with Gasteiger partial charge < -0.3 is 19.7 Å². The molecular weight excluding hydrogens is 462 g/mol. The first-order valence-corrected chi connectivity index (χ1v) is 13.0. The van der Waals surface area contributed by atoms with Crippen LogP contribution in [0.3, 0.4) is 0 Å². The maximum atomic E-state index is 13.0. The second-order valence-electron chi connectivity index (χ2n) is 8.79. The third-order valence-electron chi connectivity index (χ3n) is 6.37. The summed E-state index contributed by atoms with van der Waals surface area (Å²) in [5.74, 6) is 2.55. The fourth-order valence-corrected chi connectivity index (χ4v) is 5.12. The summed E-state index contributed by atoms with van der Waals surface area (Å²) in [6, 6.07) is 12.6. The van der Waals surface area contributed by atoms with Gasteiger partial charge in [-0.3, -0.25) is 14.6 Å². The van der Waals surface area contributed by atoms with Gasteiger partial charge in [-0.1, -0.05) is 6.07 Å². The molecule has 7 nitrogen and oxygen atoms in total. The van der Waals surface area contributed by atoms with Crippen molar-refractivity contribution in [1.29, 1.82) is 0 Å². The molecule has 1 saturated heterocycles. The summed E-state index contributed by atoms with van der Waals surface area (Å²) in [5, 5.41) is 13.0. The lowest BCUT2D eigenvalue weighted by molar-refractivity contribution is 0.0709. The molecule has 0 aliphatic carbocycles. The normalized spacial score (nSPS) is 14.2. The molecule has 0 radical (unpaired) electrons. The highest BCUT2D eigenvalue weighted by molar-refractivity contribution is 7.98. The number of phenols is 1. The van der Waals surface area contributed by atoms with Gasteiger partial charge in [0.1, 0.15) is 11.5 Å². The molecule has 1 aliphatic rings. The SMILES string of the molecule is Cc1ccc(C(=O)NCCSCc2ccco2)c(C2CCN(C(=O)c3cccc(O)c3C)CC2)n1. The van der Waals surface area contributed by atoms with E-state index in [-0.39, 0.29) is 23.5 Å². The third-order valence-corrected chi connectivity index (χ3v) is 7.35. The number of nitrogens with zero attached hydrogens (tertiary/aromatic N) is 2. The zero-order valence-electron chi connectivity index (χ0n) is 20.1. The highest BCUT2D eigenvalue weighted by Gasteiger charge is 2.29. The van der Waals surface area contributed by atoms with Crippen molar-refractivity contribution in [1.82, 2.24) is 15.2 Å². The number of hydrogen-bond donors (Lipinski definition) is 2. The first kappa shape index (κ1) is 24.9. The number of aromatic hydroxyl groups is 1. The second-order valence-corrected chi connectivity index (χ2v) is 9.89. The lowest BCUT2D eigenvalue weighted by Gasteiger charge is -2.33. The number of carbonyl (C=O) groups excluding carboxylic acids is 2. The molecule has 2 N–H and O–H groups in total. The van der Waals surface area contributed by atoms with Gasteiger partial charge >= 0.3 is 0 Å². The monoisotopic (exact) mass is 493 g/mol. The number of hydrogen-bond acceptors (Lipinski definition) is 6. The van der Waals surface area contributed by atoms with Crippen molar-refractivity contribution in [2.75, 3.05) is 25.4 Å². The summed E-state index contributed by atoms with van der Waals surface area (Å²) >= 11 is 1.71. The van der Waals surface area contributed by atoms with Crippen LogP contribution >= 0.6 is 11.8 Å². The molecule has 3 heterocycles. The molecule has 0 saturated carbocycles. The maximum absolute atomic E-state index is 13.0. The summed E-state index contributed by atoms with van der Waals surface area (Å²) in [6.07, 6.45) is 3.14. The van der Waals surface area contributed by atoms with Crippen LogP contribution in [0.1, 0.15) is 62.2 Å². The second kappa shape index (κ2) is 11.4. The van der Waals surface area contributed by atoms with E-state index in [0.29, 0.717) is 36.3 Å². The Labute approximate surface area is 209 Å². The smallest absolute Gasteiger partial charge is 0.254 e.